The van der Waals surface area contributed by atoms with Gasteiger partial charge in [-0.2, -0.15) is 0 Å². The molecular formula is C24H35N3O2. The molecule has 0 atom stereocenters. The number of nitrogens with zero attached hydrogens (tertiary/aromatic N) is 2. The summed E-state index contributed by atoms with van der Waals surface area (Å²) in [6.07, 6.45) is 12.3. The smallest absolute Gasteiger partial charge is 0.223 e. The minimum atomic E-state index is -0.0316. The van der Waals surface area contributed by atoms with E-state index in [4.69, 9.17) is 0 Å². The van der Waals surface area contributed by atoms with Crippen molar-refractivity contribution < 1.29 is 9.59 Å². The van der Waals surface area contributed by atoms with Crippen LogP contribution in [0.3, 0.4) is 0 Å². The Morgan fingerprint density at radius 2 is 1.79 bits per heavy atom. The summed E-state index contributed by atoms with van der Waals surface area (Å²) in [6, 6.07) is 8.18. The third-order valence-corrected chi connectivity index (χ3v) is 5.98. The first-order chi connectivity index (χ1) is 14.1. The molecule has 1 aromatic carbocycles. The summed E-state index contributed by atoms with van der Waals surface area (Å²) in [6.45, 7) is 4.87. The molecule has 3 rings (SSSR count). The zero-order valence-electron chi connectivity index (χ0n) is 17.8. The summed E-state index contributed by atoms with van der Waals surface area (Å²) in [5.41, 5.74) is 3.54. The zero-order chi connectivity index (χ0) is 20.5. The van der Waals surface area contributed by atoms with Gasteiger partial charge in [-0.15, -0.1) is 0 Å². The molecule has 0 aromatic heterocycles. The molecule has 5 nitrogen and oxygen atoms in total. The summed E-state index contributed by atoms with van der Waals surface area (Å²) in [7, 11) is 0. The number of hydrogen-bond acceptors (Lipinski definition) is 3. The number of anilines is 2. The Kier molecular flexibility index (Phi) is 8.14. The fraction of sp³-hybridized carbons (Fsp3) is 0.583. The van der Waals surface area contributed by atoms with Gasteiger partial charge in [0.15, 0.2) is 0 Å². The van der Waals surface area contributed by atoms with E-state index in [9.17, 15) is 9.59 Å². The van der Waals surface area contributed by atoms with Gasteiger partial charge in [-0.1, -0.05) is 11.6 Å². The van der Waals surface area contributed by atoms with Crippen LogP contribution in [-0.2, 0) is 9.59 Å². The van der Waals surface area contributed by atoms with Crippen molar-refractivity contribution in [1.82, 2.24) is 5.32 Å². The predicted molar refractivity (Wildman–Crippen MR) is 119 cm³/mol. The van der Waals surface area contributed by atoms with Gasteiger partial charge in [0.25, 0.3) is 0 Å². The Balaban J connectivity index is 1.47. The number of nitrogens with one attached hydrogen (secondary N) is 1. The molecule has 29 heavy (non-hydrogen) atoms. The molecule has 2 aliphatic rings. The third-order valence-electron chi connectivity index (χ3n) is 5.98. The number of carbonyl (C=O) groups excluding carboxylic acids is 2. The maximum absolute atomic E-state index is 12.2. The molecule has 5 heteroatoms. The normalized spacial score (nSPS) is 16.9. The van der Waals surface area contributed by atoms with E-state index in [0.29, 0.717) is 19.5 Å². The topological polar surface area (TPSA) is 52.7 Å². The maximum atomic E-state index is 12.2. The zero-order valence-corrected chi connectivity index (χ0v) is 17.8. The first-order valence-electron chi connectivity index (χ1n) is 11.2. The molecule has 0 radical (unpaired) electrons. The first kappa shape index (κ1) is 21.4. The Morgan fingerprint density at radius 1 is 1.03 bits per heavy atom. The van der Waals surface area contributed by atoms with E-state index >= 15 is 0 Å². The molecular weight excluding hydrogens is 362 g/mol. The van der Waals surface area contributed by atoms with Gasteiger partial charge in [0.2, 0.25) is 11.8 Å². The van der Waals surface area contributed by atoms with Crippen LogP contribution < -0.4 is 15.1 Å². The highest BCUT2D eigenvalue weighted by molar-refractivity contribution is 5.92. The number of allylic oxidation sites excluding steroid dienone is 1. The van der Waals surface area contributed by atoms with Crippen molar-refractivity contribution >= 4 is 23.2 Å². The van der Waals surface area contributed by atoms with Gasteiger partial charge < -0.3 is 15.1 Å². The molecule has 1 heterocycles. The minimum absolute atomic E-state index is 0.0117. The quantitative estimate of drug-likeness (QED) is 0.661. The Labute approximate surface area is 175 Å². The highest BCUT2D eigenvalue weighted by atomic mass is 16.2. The third kappa shape index (κ3) is 6.62. The number of amides is 2. The SMILES string of the molecule is CC(=O)N(CCC(=O)NCCC1=CCCCC1)c1ccc(N2CCCCC2)cc1. The average molecular weight is 398 g/mol. The number of carbonyl (C=O) groups is 2. The lowest BCUT2D eigenvalue weighted by Crippen LogP contribution is -2.34. The van der Waals surface area contributed by atoms with Crippen LogP contribution in [-0.4, -0.2) is 38.0 Å². The molecule has 1 N–H and O–H groups in total. The van der Waals surface area contributed by atoms with Crippen molar-refractivity contribution in [3.63, 3.8) is 0 Å². The molecule has 2 amide bonds. The van der Waals surface area contributed by atoms with Crippen LogP contribution in [0.2, 0.25) is 0 Å². The van der Waals surface area contributed by atoms with Crippen LogP contribution in [0.1, 0.15) is 64.7 Å². The Bertz CT molecular complexity index is 705. The summed E-state index contributed by atoms with van der Waals surface area (Å²) in [4.78, 5) is 28.5. The molecule has 1 aliphatic carbocycles. The van der Waals surface area contributed by atoms with Crippen molar-refractivity contribution in [2.45, 2.75) is 64.7 Å². The van der Waals surface area contributed by atoms with Crippen molar-refractivity contribution in [2.75, 3.05) is 36.0 Å². The molecule has 1 saturated heterocycles. The van der Waals surface area contributed by atoms with E-state index in [0.717, 1.165) is 25.2 Å². The molecule has 0 bridgehead atoms. The van der Waals surface area contributed by atoms with E-state index < -0.39 is 0 Å². The second kappa shape index (κ2) is 11.0. The Hall–Kier alpha value is -2.30. The minimum Gasteiger partial charge on any atom is -0.372 e. The molecule has 0 saturated carbocycles. The van der Waals surface area contributed by atoms with Crippen molar-refractivity contribution in [2.24, 2.45) is 0 Å². The standard InChI is InChI=1S/C24H35N3O2/c1-20(28)27(19-15-24(29)25-16-14-21-8-4-2-5-9-21)23-12-10-22(11-13-23)26-17-6-3-7-18-26/h8,10-13H,2-7,9,14-19H2,1H3,(H,25,29). The van der Waals surface area contributed by atoms with Gasteiger partial charge in [-0.25, -0.2) is 0 Å². The Morgan fingerprint density at radius 3 is 2.45 bits per heavy atom. The number of hydrogen-bond donors (Lipinski definition) is 1. The van der Waals surface area contributed by atoms with Crippen LogP contribution in [0.25, 0.3) is 0 Å². The lowest BCUT2D eigenvalue weighted by molar-refractivity contribution is -0.121. The summed E-state index contributed by atoms with van der Waals surface area (Å²) in [5, 5.41) is 3.00. The molecule has 0 unspecified atom stereocenters. The molecule has 1 aliphatic heterocycles. The van der Waals surface area contributed by atoms with E-state index in [1.165, 1.54) is 56.2 Å². The molecule has 158 valence electrons. The maximum Gasteiger partial charge on any atom is 0.223 e. The lowest BCUT2D eigenvalue weighted by Gasteiger charge is -2.29. The number of rotatable bonds is 8. The fourth-order valence-electron chi connectivity index (χ4n) is 4.26. The predicted octanol–water partition coefficient (Wildman–Crippen LogP) is 4.43. The molecule has 1 aromatic rings. The van der Waals surface area contributed by atoms with Gasteiger partial charge >= 0.3 is 0 Å². The van der Waals surface area contributed by atoms with Crippen LogP contribution >= 0.6 is 0 Å². The second-order valence-corrected chi connectivity index (χ2v) is 8.19. The van der Waals surface area contributed by atoms with Gasteiger partial charge in [0.1, 0.15) is 0 Å². The van der Waals surface area contributed by atoms with Crippen molar-refractivity contribution in [3.8, 4) is 0 Å². The van der Waals surface area contributed by atoms with Gasteiger partial charge in [-0.05, 0) is 75.6 Å². The number of benzene rings is 1. The van der Waals surface area contributed by atoms with Crippen LogP contribution in [0.15, 0.2) is 35.9 Å². The number of piperidine rings is 1. The van der Waals surface area contributed by atoms with Crippen molar-refractivity contribution in [3.05, 3.63) is 35.9 Å². The van der Waals surface area contributed by atoms with Crippen molar-refractivity contribution in [1.29, 1.82) is 0 Å². The highest BCUT2D eigenvalue weighted by Gasteiger charge is 2.15. The summed E-state index contributed by atoms with van der Waals surface area (Å²) in [5.74, 6) is -0.0199. The summed E-state index contributed by atoms with van der Waals surface area (Å²) >= 11 is 0. The summed E-state index contributed by atoms with van der Waals surface area (Å²) < 4.78 is 0. The highest BCUT2D eigenvalue weighted by Crippen LogP contribution is 2.24. The van der Waals surface area contributed by atoms with E-state index in [-0.39, 0.29) is 11.8 Å². The van der Waals surface area contributed by atoms with Gasteiger partial charge in [0, 0.05) is 50.9 Å². The lowest BCUT2D eigenvalue weighted by atomic mass is 9.97. The van der Waals surface area contributed by atoms with Gasteiger partial charge in [-0.3, -0.25) is 9.59 Å². The first-order valence-corrected chi connectivity index (χ1v) is 11.2. The van der Waals surface area contributed by atoms with Crippen LogP contribution in [0.4, 0.5) is 11.4 Å². The second-order valence-electron chi connectivity index (χ2n) is 8.19. The van der Waals surface area contributed by atoms with Gasteiger partial charge in [0.05, 0.1) is 0 Å². The van der Waals surface area contributed by atoms with E-state index in [2.05, 4.69) is 28.4 Å². The average Bonchev–Trinajstić information content (AvgIpc) is 2.75. The van der Waals surface area contributed by atoms with Crippen LogP contribution in [0, 0.1) is 0 Å². The molecule has 1 fully saturated rings. The van der Waals surface area contributed by atoms with Crippen LogP contribution in [0.5, 0.6) is 0 Å². The fourth-order valence-corrected chi connectivity index (χ4v) is 4.26. The largest absolute Gasteiger partial charge is 0.372 e. The molecule has 0 spiro atoms. The van der Waals surface area contributed by atoms with E-state index in [1.807, 2.05) is 12.1 Å². The van der Waals surface area contributed by atoms with E-state index in [1.54, 1.807) is 11.8 Å². The monoisotopic (exact) mass is 397 g/mol.